The van der Waals surface area contributed by atoms with Gasteiger partial charge >= 0.3 is 0 Å². The zero-order valence-electron chi connectivity index (χ0n) is 9.04. The van der Waals surface area contributed by atoms with Gasteiger partial charge in [-0.2, -0.15) is 0 Å². The molecule has 0 amide bonds. The van der Waals surface area contributed by atoms with E-state index in [1.807, 2.05) is 0 Å². The van der Waals surface area contributed by atoms with Crippen molar-refractivity contribution in [2.45, 2.75) is 19.3 Å². The summed E-state index contributed by atoms with van der Waals surface area (Å²) in [5, 5.41) is 0. The fraction of sp³-hybridized carbons (Fsp3) is 0.545. The van der Waals surface area contributed by atoms with E-state index < -0.39 is 18.2 Å². The number of anilines is 1. The SMILES string of the molecule is Fc1cc(Br)cnc1N1CCC(C(F)F)CC1. The van der Waals surface area contributed by atoms with Crippen LogP contribution in [-0.4, -0.2) is 24.5 Å². The molecule has 0 bridgehead atoms. The third kappa shape index (κ3) is 2.91. The predicted molar refractivity (Wildman–Crippen MR) is 62.8 cm³/mol. The average molecular weight is 309 g/mol. The highest BCUT2D eigenvalue weighted by atomic mass is 79.9. The first-order chi connectivity index (χ1) is 8.08. The van der Waals surface area contributed by atoms with E-state index in [2.05, 4.69) is 20.9 Å². The van der Waals surface area contributed by atoms with Crippen LogP contribution in [0.1, 0.15) is 12.8 Å². The van der Waals surface area contributed by atoms with Gasteiger partial charge in [-0.1, -0.05) is 0 Å². The third-order valence-electron chi connectivity index (χ3n) is 2.98. The molecule has 0 unspecified atom stereocenters. The standard InChI is InChI=1S/C11H12BrF3N2/c12-8-5-9(13)11(16-6-8)17-3-1-7(2-4-17)10(14)15/h5-7,10H,1-4H2. The summed E-state index contributed by atoms with van der Waals surface area (Å²) in [5.74, 6) is -0.736. The van der Waals surface area contributed by atoms with Crippen molar-refractivity contribution in [1.29, 1.82) is 0 Å². The van der Waals surface area contributed by atoms with Crippen molar-refractivity contribution in [3.8, 4) is 0 Å². The van der Waals surface area contributed by atoms with Gasteiger partial charge in [-0.05, 0) is 34.8 Å². The minimum atomic E-state index is -2.28. The number of alkyl halides is 2. The lowest BCUT2D eigenvalue weighted by Crippen LogP contribution is -2.36. The van der Waals surface area contributed by atoms with Gasteiger partial charge in [0.15, 0.2) is 11.6 Å². The second kappa shape index (κ2) is 5.25. The molecular formula is C11H12BrF3N2. The van der Waals surface area contributed by atoms with Gasteiger partial charge in [-0.25, -0.2) is 18.2 Å². The van der Waals surface area contributed by atoms with Crippen LogP contribution in [0.2, 0.25) is 0 Å². The normalized spacial score (nSPS) is 17.8. The van der Waals surface area contributed by atoms with Crippen molar-refractivity contribution in [1.82, 2.24) is 4.98 Å². The highest BCUT2D eigenvalue weighted by Crippen LogP contribution is 2.28. The molecule has 0 radical (unpaired) electrons. The first-order valence-electron chi connectivity index (χ1n) is 5.42. The monoisotopic (exact) mass is 308 g/mol. The maximum Gasteiger partial charge on any atom is 0.241 e. The molecule has 0 aliphatic carbocycles. The maximum atomic E-state index is 13.6. The molecular weight excluding hydrogens is 297 g/mol. The van der Waals surface area contributed by atoms with E-state index in [-0.39, 0.29) is 5.82 Å². The average Bonchev–Trinajstić information content (AvgIpc) is 2.29. The van der Waals surface area contributed by atoms with Crippen LogP contribution in [0.15, 0.2) is 16.7 Å². The summed E-state index contributed by atoms with van der Waals surface area (Å²) in [6.07, 6.45) is 0.00119. The van der Waals surface area contributed by atoms with Crippen molar-refractivity contribution in [3.05, 3.63) is 22.6 Å². The van der Waals surface area contributed by atoms with Crippen LogP contribution in [0.3, 0.4) is 0 Å². The molecule has 6 heteroatoms. The molecule has 0 saturated carbocycles. The summed E-state index contributed by atoms with van der Waals surface area (Å²) >= 11 is 3.13. The molecule has 1 fully saturated rings. The second-order valence-electron chi connectivity index (χ2n) is 4.12. The molecule has 0 N–H and O–H groups in total. The fourth-order valence-corrected chi connectivity index (χ4v) is 2.31. The van der Waals surface area contributed by atoms with E-state index in [0.717, 1.165) is 0 Å². The molecule has 0 atom stereocenters. The molecule has 1 aromatic heterocycles. The van der Waals surface area contributed by atoms with E-state index >= 15 is 0 Å². The number of pyridine rings is 1. The number of piperidine rings is 1. The number of nitrogens with zero attached hydrogens (tertiary/aromatic N) is 2. The Morgan fingerprint density at radius 1 is 1.35 bits per heavy atom. The Labute approximate surface area is 106 Å². The predicted octanol–water partition coefficient (Wildman–Crippen LogP) is 3.46. The van der Waals surface area contributed by atoms with Gasteiger partial charge in [0.25, 0.3) is 0 Å². The van der Waals surface area contributed by atoms with E-state index in [1.165, 1.54) is 12.3 Å². The summed E-state index contributed by atoms with van der Waals surface area (Å²) in [6.45, 7) is 0.862. The minimum absolute atomic E-state index is 0.251. The van der Waals surface area contributed by atoms with Crippen molar-refractivity contribution in [2.24, 2.45) is 5.92 Å². The van der Waals surface area contributed by atoms with Crippen LogP contribution in [0.4, 0.5) is 19.0 Å². The lowest BCUT2D eigenvalue weighted by Gasteiger charge is -2.32. The topological polar surface area (TPSA) is 16.1 Å². The van der Waals surface area contributed by atoms with Gasteiger partial charge in [0, 0.05) is 29.7 Å². The largest absolute Gasteiger partial charge is 0.354 e. The van der Waals surface area contributed by atoms with Crippen molar-refractivity contribution in [2.75, 3.05) is 18.0 Å². The van der Waals surface area contributed by atoms with Crippen LogP contribution in [0, 0.1) is 11.7 Å². The summed E-state index contributed by atoms with van der Waals surface area (Å²) in [4.78, 5) is 5.71. The zero-order valence-corrected chi connectivity index (χ0v) is 10.6. The Balaban J connectivity index is 2.05. The molecule has 17 heavy (non-hydrogen) atoms. The Bertz CT molecular complexity index is 392. The highest BCUT2D eigenvalue weighted by Gasteiger charge is 2.27. The lowest BCUT2D eigenvalue weighted by molar-refractivity contribution is 0.0635. The number of aromatic nitrogens is 1. The summed E-state index contributed by atoms with van der Waals surface area (Å²) in [5.41, 5.74) is 0. The van der Waals surface area contributed by atoms with Crippen molar-refractivity contribution < 1.29 is 13.2 Å². The summed E-state index contributed by atoms with van der Waals surface area (Å²) in [6, 6.07) is 1.33. The van der Waals surface area contributed by atoms with Crippen molar-refractivity contribution >= 4 is 21.7 Å². The van der Waals surface area contributed by atoms with Crippen LogP contribution >= 0.6 is 15.9 Å². The van der Waals surface area contributed by atoms with E-state index in [4.69, 9.17) is 0 Å². The second-order valence-corrected chi connectivity index (χ2v) is 5.03. The van der Waals surface area contributed by atoms with Gasteiger partial charge in [-0.3, -0.25) is 0 Å². The minimum Gasteiger partial charge on any atom is -0.354 e. The van der Waals surface area contributed by atoms with Gasteiger partial charge in [-0.15, -0.1) is 0 Å². The first-order valence-corrected chi connectivity index (χ1v) is 6.21. The zero-order chi connectivity index (χ0) is 12.4. The molecule has 2 rings (SSSR count). The molecule has 1 aliphatic heterocycles. The maximum absolute atomic E-state index is 13.6. The molecule has 2 heterocycles. The first kappa shape index (κ1) is 12.7. The van der Waals surface area contributed by atoms with Crippen LogP contribution in [0.5, 0.6) is 0 Å². The molecule has 1 aromatic rings. The molecule has 1 saturated heterocycles. The number of rotatable bonds is 2. The van der Waals surface area contributed by atoms with Gasteiger partial charge in [0.05, 0.1) is 0 Å². The Morgan fingerprint density at radius 3 is 2.53 bits per heavy atom. The Morgan fingerprint density at radius 2 is 2.00 bits per heavy atom. The van der Waals surface area contributed by atoms with E-state index in [9.17, 15) is 13.2 Å². The number of halogens is 4. The smallest absolute Gasteiger partial charge is 0.241 e. The lowest BCUT2D eigenvalue weighted by atomic mass is 9.97. The number of hydrogen-bond acceptors (Lipinski definition) is 2. The Hall–Kier alpha value is -0.780. The van der Waals surface area contributed by atoms with E-state index in [0.29, 0.717) is 30.4 Å². The van der Waals surface area contributed by atoms with Crippen molar-refractivity contribution in [3.63, 3.8) is 0 Å². The summed E-state index contributed by atoms with van der Waals surface area (Å²) in [7, 11) is 0. The molecule has 1 aliphatic rings. The molecule has 2 nitrogen and oxygen atoms in total. The van der Waals surface area contributed by atoms with Gasteiger partial charge in [0.2, 0.25) is 6.43 Å². The fourth-order valence-electron chi connectivity index (χ4n) is 2.00. The molecule has 94 valence electrons. The third-order valence-corrected chi connectivity index (χ3v) is 3.42. The summed E-state index contributed by atoms with van der Waals surface area (Å²) < 4.78 is 39.1. The van der Waals surface area contributed by atoms with Crippen LogP contribution in [-0.2, 0) is 0 Å². The number of hydrogen-bond donors (Lipinski definition) is 0. The van der Waals surface area contributed by atoms with Crippen LogP contribution in [0.25, 0.3) is 0 Å². The van der Waals surface area contributed by atoms with E-state index in [1.54, 1.807) is 4.90 Å². The molecule has 0 aromatic carbocycles. The van der Waals surface area contributed by atoms with Crippen LogP contribution < -0.4 is 4.90 Å². The Kier molecular flexibility index (Phi) is 3.91. The van der Waals surface area contributed by atoms with Gasteiger partial charge in [0.1, 0.15) is 0 Å². The molecule has 0 spiro atoms. The quantitative estimate of drug-likeness (QED) is 0.831. The van der Waals surface area contributed by atoms with Gasteiger partial charge < -0.3 is 4.90 Å². The highest BCUT2D eigenvalue weighted by molar-refractivity contribution is 9.10.